The lowest BCUT2D eigenvalue weighted by Crippen LogP contribution is -2.05. The smallest absolute Gasteiger partial charge is 0.349 e. The van der Waals surface area contributed by atoms with E-state index in [-0.39, 0.29) is 12.2 Å². The zero-order chi connectivity index (χ0) is 7.98. The number of carbonyl (C=O) groups is 1. The Bertz CT molecular complexity index is 192. The number of hydrogen-bond acceptors (Lipinski definition) is 3. The summed E-state index contributed by atoms with van der Waals surface area (Å²) in [6.07, 6.45) is 0. The number of halogens is 1. The summed E-state index contributed by atoms with van der Waals surface area (Å²) in [5.74, 6) is -0.681. The van der Waals surface area contributed by atoms with Gasteiger partial charge in [0.25, 0.3) is 0 Å². The Morgan fingerprint density at radius 2 is 2.50 bits per heavy atom. The van der Waals surface area contributed by atoms with Gasteiger partial charge in [-0.1, -0.05) is 11.6 Å². The summed E-state index contributed by atoms with van der Waals surface area (Å²) >= 11 is 5.11. The average molecular weight is 160 g/mol. The molecular weight excluding hydrogens is 154 g/mol. The summed E-state index contributed by atoms with van der Waals surface area (Å²) in [6, 6.07) is 1.59. The molecule has 0 aliphatic rings. The summed E-state index contributed by atoms with van der Waals surface area (Å²) in [7, 11) is 0. The first-order valence-corrected chi connectivity index (χ1v) is 3.07. The number of nitriles is 1. The zero-order valence-electron chi connectivity index (χ0n) is 5.43. The van der Waals surface area contributed by atoms with Crippen molar-refractivity contribution in [1.29, 1.82) is 5.26 Å². The predicted octanol–water partition coefficient (Wildman–Crippen LogP) is 1.20. The lowest BCUT2D eigenvalue weighted by Gasteiger charge is -1.95. The Hall–Kier alpha value is -1.01. The van der Waals surface area contributed by atoms with Crippen molar-refractivity contribution in [3.8, 4) is 6.07 Å². The zero-order valence-corrected chi connectivity index (χ0v) is 6.18. The maximum Gasteiger partial charge on any atom is 0.349 e. The second kappa shape index (κ2) is 4.83. The van der Waals surface area contributed by atoms with Crippen molar-refractivity contribution in [2.45, 2.75) is 6.92 Å². The van der Waals surface area contributed by atoms with Gasteiger partial charge in [-0.2, -0.15) is 5.26 Å². The van der Waals surface area contributed by atoms with Gasteiger partial charge in [-0.05, 0) is 6.92 Å². The molecule has 0 rings (SSSR count). The van der Waals surface area contributed by atoms with E-state index in [2.05, 4.69) is 4.74 Å². The standard InChI is InChI=1S/C6H6ClNO2/c1-2-10-6(9)5(3-7)4-8/h3H,2H2,1H3/b5-3+. The quantitative estimate of drug-likeness (QED) is 0.346. The van der Waals surface area contributed by atoms with Gasteiger partial charge in [-0.25, -0.2) is 4.79 Å². The van der Waals surface area contributed by atoms with Crippen LogP contribution in [0.25, 0.3) is 0 Å². The van der Waals surface area contributed by atoms with E-state index in [0.717, 1.165) is 5.54 Å². The van der Waals surface area contributed by atoms with E-state index in [1.165, 1.54) is 0 Å². The lowest BCUT2D eigenvalue weighted by atomic mass is 10.3. The van der Waals surface area contributed by atoms with Gasteiger partial charge in [-0.15, -0.1) is 0 Å². The van der Waals surface area contributed by atoms with Gasteiger partial charge in [0.2, 0.25) is 0 Å². The molecule has 0 aromatic heterocycles. The molecule has 0 unspecified atom stereocenters. The van der Waals surface area contributed by atoms with Crippen LogP contribution in [0.5, 0.6) is 0 Å². The van der Waals surface area contributed by atoms with Crippen LogP contribution >= 0.6 is 11.6 Å². The Kier molecular flexibility index (Phi) is 4.34. The Labute approximate surface area is 63.8 Å². The normalized spacial score (nSPS) is 10.3. The maximum atomic E-state index is 10.6. The fraction of sp³-hybridized carbons (Fsp3) is 0.333. The van der Waals surface area contributed by atoms with Crippen LogP contribution in [0.3, 0.4) is 0 Å². The number of nitrogens with zero attached hydrogens (tertiary/aromatic N) is 1. The first-order chi connectivity index (χ1) is 4.76. The van der Waals surface area contributed by atoms with E-state index in [1.807, 2.05) is 0 Å². The summed E-state index contributed by atoms with van der Waals surface area (Å²) in [6.45, 7) is 1.90. The van der Waals surface area contributed by atoms with Crippen LogP contribution in [0.15, 0.2) is 11.1 Å². The van der Waals surface area contributed by atoms with E-state index in [1.54, 1.807) is 13.0 Å². The molecule has 0 aliphatic heterocycles. The Morgan fingerprint density at radius 3 is 2.80 bits per heavy atom. The average Bonchev–Trinajstić information content (AvgIpc) is 1.91. The van der Waals surface area contributed by atoms with Crippen LogP contribution in [0.4, 0.5) is 0 Å². The van der Waals surface area contributed by atoms with Crippen molar-refractivity contribution in [2.24, 2.45) is 0 Å². The van der Waals surface area contributed by atoms with Gasteiger partial charge in [0.15, 0.2) is 0 Å². The van der Waals surface area contributed by atoms with Crippen molar-refractivity contribution in [2.75, 3.05) is 6.61 Å². The van der Waals surface area contributed by atoms with Crippen LogP contribution in [0, 0.1) is 11.3 Å². The van der Waals surface area contributed by atoms with E-state index in [0.29, 0.717) is 0 Å². The summed E-state index contributed by atoms with van der Waals surface area (Å²) < 4.78 is 4.47. The third-order valence-electron chi connectivity index (χ3n) is 0.725. The molecule has 0 aliphatic carbocycles. The molecule has 4 heteroatoms. The van der Waals surface area contributed by atoms with E-state index in [9.17, 15) is 4.79 Å². The van der Waals surface area contributed by atoms with Crippen molar-refractivity contribution in [1.82, 2.24) is 0 Å². The van der Waals surface area contributed by atoms with Crippen molar-refractivity contribution < 1.29 is 9.53 Å². The SMILES string of the molecule is CCOC(=O)/C(C#N)=C/Cl. The molecule has 54 valence electrons. The predicted molar refractivity (Wildman–Crippen MR) is 36.2 cm³/mol. The van der Waals surface area contributed by atoms with E-state index >= 15 is 0 Å². The van der Waals surface area contributed by atoms with Crippen LogP contribution in [0.2, 0.25) is 0 Å². The number of carbonyl (C=O) groups excluding carboxylic acids is 1. The summed E-state index contributed by atoms with van der Waals surface area (Å²) in [5, 5.41) is 8.22. The highest BCUT2D eigenvalue weighted by molar-refractivity contribution is 6.27. The van der Waals surface area contributed by atoms with Gasteiger partial charge in [-0.3, -0.25) is 0 Å². The molecule has 0 radical (unpaired) electrons. The maximum absolute atomic E-state index is 10.6. The Balaban J connectivity index is 4.08. The second-order valence-corrected chi connectivity index (χ2v) is 1.57. The molecule has 0 aromatic rings. The topological polar surface area (TPSA) is 50.1 Å². The summed E-state index contributed by atoms with van der Waals surface area (Å²) in [4.78, 5) is 10.6. The highest BCUT2D eigenvalue weighted by atomic mass is 35.5. The third-order valence-corrected chi connectivity index (χ3v) is 0.943. The molecule has 3 nitrogen and oxygen atoms in total. The molecule has 0 fully saturated rings. The highest BCUT2D eigenvalue weighted by Crippen LogP contribution is 1.97. The fourth-order valence-electron chi connectivity index (χ4n) is 0.323. The number of ether oxygens (including phenoxy) is 1. The van der Waals surface area contributed by atoms with Gasteiger partial charge in [0, 0.05) is 5.54 Å². The number of esters is 1. The molecule has 0 aromatic carbocycles. The molecule has 0 saturated carbocycles. The lowest BCUT2D eigenvalue weighted by molar-refractivity contribution is -0.137. The largest absolute Gasteiger partial charge is 0.462 e. The minimum Gasteiger partial charge on any atom is -0.462 e. The van der Waals surface area contributed by atoms with Crippen molar-refractivity contribution in [3.63, 3.8) is 0 Å². The van der Waals surface area contributed by atoms with Crippen LogP contribution in [-0.2, 0) is 9.53 Å². The first kappa shape index (κ1) is 8.99. The van der Waals surface area contributed by atoms with Gasteiger partial charge >= 0.3 is 5.97 Å². The Morgan fingerprint density at radius 1 is 1.90 bits per heavy atom. The highest BCUT2D eigenvalue weighted by Gasteiger charge is 2.07. The minimum atomic E-state index is -0.681. The fourth-order valence-corrected chi connectivity index (χ4v) is 0.461. The second-order valence-electron chi connectivity index (χ2n) is 1.36. The molecular formula is C6H6ClNO2. The van der Waals surface area contributed by atoms with Gasteiger partial charge < -0.3 is 4.74 Å². The molecule has 10 heavy (non-hydrogen) atoms. The van der Waals surface area contributed by atoms with Crippen molar-refractivity contribution in [3.05, 3.63) is 11.1 Å². The van der Waals surface area contributed by atoms with Crippen molar-refractivity contribution >= 4 is 17.6 Å². The molecule has 0 saturated heterocycles. The molecule has 0 bridgehead atoms. The minimum absolute atomic E-state index is 0.177. The number of rotatable bonds is 2. The van der Waals surface area contributed by atoms with Crippen LogP contribution in [-0.4, -0.2) is 12.6 Å². The third kappa shape index (κ3) is 2.51. The molecule has 0 heterocycles. The monoisotopic (exact) mass is 159 g/mol. The van der Waals surface area contributed by atoms with Gasteiger partial charge in [0.1, 0.15) is 11.6 Å². The molecule has 0 amide bonds. The summed E-state index contributed by atoms with van der Waals surface area (Å²) in [5.41, 5.74) is 0.723. The van der Waals surface area contributed by atoms with Gasteiger partial charge in [0.05, 0.1) is 6.61 Å². The van der Waals surface area contributed by atoms with Crippen LogP contribution in [0.1, 0.15) is 6.92 Å². The van der Waals surface area contributed by atoms with Crippen LogP contribution < -0.4 is 0 Å². The van der Waals surface area contributed by atoms with E-state index in [4.69, 9.17) is 16.9 Å². The first-order valence-electron chi connectivity index (χ1n) is 2.63. The molecule has 0 spiro atoms. The molecule has 0 N–H and O–H groups in total. The number of hydrogen-bond donors (Lipinski definition) is 0. The molecule has 0 atom stereocenters. The van der Waals surface area contributed by atoms with E-state index < -0.39 is 5.97 Å².